The van der Waals surface area contributed by atoms with E-state index < -0.39 is 15.9 Å². The van der Waals surface area contributed by atoms with E-state index in [1.165, 1.54) is 12.1 Å². The number of amides is 1. The van der Waals surface area contributed by atoms with Gasteiger partial charge in [-0.25, -0.2) is 13.6 Å². The second kappa shape index (κ2) is 7.76. The predicted octanol–water partition coefficient (Wildman–Crippen LogP) is 2.03. The van der Waals surface area contributed by atoms with Gasteiger partial charge in [0.15, 0.2) is 6.61 Å². The van der Waals surface area contributed by atoms with Crippen LogP contribution < -0.4 is 20.1 Å². The van der Waals surface area contributed by atoms with E-state index in [9.17, 15) is 13.2 Å². The second-order valence-corrected chi connectivity index (χ2v) is 7.71. The molecule has 2 rings (SSSR count). The number of hydrogen-bond acceptors (Lipinski definition) is 5. The van der Waals surface area contributed by atoms with E-state index in [1.54, 1.807) is 31.1 Å². The standard InChI is InChI=1S/C18H23N3O4S/c1-12-6-5-7-17(13(12)2)25-11-18(22)20-15-10-14(26(19,23)24)8-9-16(15)21(3)4/h5-10H,11H2,1-4H3,(H,20,22)(H2,19,23,24). The summed E-state index contributed by atoms with van der Waals surface area (Å²) >= 11 is 0. The van der Waals surface area contributed by atoms with Gasteiger partial charge in [0.25, 0.3) is 5.91 Å². The van der Waals surface area contributed by atoms with Crippen molar-refractivity contribution in [2.75, 3.05) is 30.9 Å². The number of sulfonamides is 1. The number of carbonyl (C=O) groups is 1. The number of rotatable bonds is 6. The van der Waals surface area contributed by atoms with Gasteiger partial charge in [0.1, 0.15) is 5.75 Å². The van der Waals surface area contributed by atoms with Crippen LogP contribution >= 0.6 is 0 Å². The molecule has 0 aromatic heterocycles. The van der Waals surface area contributed by atoms with Crippen LogP contribution in [0.5, 0.6) is 5.75 Å². The number of benzene rings is 2. The van der Waals surface area contributed by atoms with Gasteiger partial charge in [-0.15, -0.1) is 0 Å². The van der Waals surface area contributed by atoms with Crippen molar-refractivity contribution in [2.45, 2.75) is 18.7 Å². The van der Waals surface area contributed by atoms with Gasteiger partial charge in [-0.05, 0) is 49.2 Å². The molecule has 0 atom stereocenters. The number of primary sulfonamides is 1. The summed E-state index contributed by atoms with van der Waals surface area (Å²) in [4.78, 5) is 14.0. The Balaban J connectivity index is 2.18. The number of hydrogen-bond donors (Lipinski definition) is 2. The molecule has 1 amide bonds. The molecule has 140 valence electrons. The largest absolute Gasteiger partial charge is 0.483 e. The van der Waals surface area contributed by atoms with Crippen LogP contribution in [0.15, 0.2) is 41.3 Å². The maximum absolute atomic E-state index is 12.3. The summed E-state index contributed by atoms with van der Waals surface area (Å²) in [5.74, 6) is 0.229. The van der Waals surface area contributed by atoms with Crippen LogP contribution in [0.25, 0.3) is 0 Å². The molecule has 26 heavy (non-hydrogen) atoms. The summed E-state index contributed by atoms with van der Waals surface area (Å²) in [5, 5.41) is 7.85. The zero-order valence-corrected chi connectivity index (χ0v) is 16.1. The molecule has 0 radical (unpaired) electrons. The van der Waals surface area contributed by atoms with Gasteiger partial charge in [0.05, 0.1) is 16.3 Å². The summed E-state index contributed by atoms with van der Waals surface area (Å²) in [5.41, 5.74) is 3.03. The molecule has 0 saturated heterocycles. The Hall–Kier alpha value is -2.58. The van der Waals surface area contributed by atoms with Crippen LogP contribution in [0.2, 0.25) is 0 Å². The smallest absolute Gasteiger partial charge is 0.262 e. The summed E-state index contributed by atoms with van der Waals surface area (Å²) in [6.45, 7) is 3.68. The molecular formula is C18H23N3O4S. The number of carbonyl (C=O) groups excluding carboxylic acids is 1. The zero-order chi connectivity index (χ0) is 19.5. The fourth-order valence-electron chi connectivity index (χ4n) is 2.39. The van der Waals surface area contributed by atoms with Gasteiger partial charge in [-0.3, -0.25) is 4.79 Å². The minimum Gasteiger partial charge on any atom is -0.483 e. The van der Waals surface area contributed by atoms with Crippen LogP contribution in [-0.2, 0) is 14.8 Å². The highest BCUT2D eigenvalue weighted by Crippen LogP contribution is 2.27. The highest BCUT2D eigenvalue weighted by Gasteiger charge is 2.15. The quantitative estimate of drug-likeness (QED) is 0.802. The van der Waals surface area contributed by atoms with Gasteiger partial charge in [-0.2, -0.15) is 0 Å². The molecule has 0 bridgehead atoms. The maximum atomic E-state index is 12.3. The van der Waals surface area contributed by atoms with Gasteiger partial charge >= 0.3 is 0 Å². The lowest BCUT2D eigenvalue weighted by Gasteiger charge is -2.19. The lowest BCUT2D eigenvalue weighted by Crippen LogP contribution is -2.23. The summed E-state index contributed by atoms with van der Waals surface area (Å²) < 4.78 is 28.7. The monoisotopic (exact) mass is 377 g/mol. The first-order valence-electron chi connectivity index (χ1n) is 7.92. The molecule has 0 heterocycles. The van der Waals surface area contributed by atoms with Gasteiger partial charge in [0, 0.05) is 14.1 Å². The first kappa shape index (κ1) is 19.7. The molecule has 2 aromatic rings. The second-order valence-electron chi connectivity index (χ2n) is 6.15. The number of ether oxygens (including phenoxy) is 1. The summed E-state index contributed by atoms with van der Waals surface area (Å²) in [7, 11) is -0.298. The molecule has 0 fully saturated rings. The Kier molecular flexibility index (Phi) is 5.89. The van der Waals surface area contributed by atoms with Crippen LogP contribution in [-0.4, -0.2) is 35.0 Å². The average Bonchev–Trinajstić information content (AvgIpc) is 2.55. The van der Waals surface area contributed by atoms with Crippen LogP contribution in [0.4, 0.5) is 11.4 Å². The molecule has 0 saturated carbocycles. The van der Waals surface area contributed by atoms with Gasteiger partial charge in [-0.1, -0.05) is 12.1 Å². The van der Waals surface area contributed by atoms with Crippen molar-refractivity contribution in [3.8, 4) is 5.75 Å². The highest BCUT2D eigenvalue weighted by molar-refractivity contribution is 7.89. The first-order chi connectivity index (χ1) is 12.1. The third kappa shape index (κ3) is 4.74. The van der Waals surface area contributed by atoms with Gasteiger partial charge in [0.2, 0.25) is 10.0 Å². The van der Waals surface area contributed by atoms with Gasteiger partial charge < -0.3 is 15.0 Å². The van der Waals surface area contributed by atoms with Crippen LogP contribution in [0.3, 0.4) is 0 Å². The van der Waals surface area contributed by atoms with E-state index in [2.05, 4.69) is 5.32 Å². The lowest BCUT2D eigenvalue weighted by molar-refractivity contribution is -0.118. The maximum Gasteiger partial charge on any atom is 0.262 e. The minimum absolute atomic E-state index is 0.0751. The average molecular weight is 377 g/mol. The first-order valence-corrected chi connectivity index (χ1v) is 9.47. The van der Waals surface area contributed by atoms with E-state index in [1.807, 2.05) is 26.0 Å². The molecule has 0 spiro atoms. The number of nitrogens with two attached hydrogens (primary N) is 1. The number of nitrogens with zero attached hydrogens (tertiary/aromatic N) is 1. The summed E-state index contributed by atoms with van der Waals surface area (Å²) in [6.07, 6.45) is 0. The van der Waals surface area contributed by atoms with Crippen molar-refractivity contribution in [3.63, 3.8) is 0 Å². The number of anilines is 2. The van der Waals surface area contributed by atoms with Crippen molar-refractivity contribution in [1.29, 1.82) is 0 Å². The van der Waals surface area contributed by atoms with E-state index in [0.29, 0.717) is 17.1 Å². The van der Waals surface area contributed by atoms with E-state index >= 15 is 0 Å². The minimum atomic E-state index is -3.87. The Labute approximate surface area is 153 Å². The third-order valence-corrected chi connectivity index (χ3v) is 4.88. The topological polar surface area (TPSA) is 102 Å². The molecule has 7 nitrogen and oxygen atoms in total. The molecule has 0 aliphatic rings. The van der Waals surface area contributed by atoms with Crippen molar-refractivity contribution in [1.82, 2.24) is 0 Å². The summed E-state index contributed by atoms with van der Waals surface area (Å²) in [6, 6.07) is 9.93. The Morgan fingerprint density at radius 2 is 1.88 bits per heavy atom. The highest BCUT2D eigenvalue weighted by atomic mass is 32.2. The lowest BCUT2D eigenvalue weighted by atomic mass is 10.1. The van der Waals surface area contributed by atoms with Crippen molar-refractivity contribution < 1.29 is 17.9 Å². The van der Waals surface area contributed by atoms with E-state index in [-0.39, 0.29) is 11.5 Å². The Morgan fingerprint density at radius 1 is 1.19 bits per heavy atom. The van der Waals surface area contributed by atoms with Crippen LogP contribution in [0, 0.1) is 13.8 Å². The molecular weight excluding hydrogens is 354 g/mol. The van der Waals surface area contributed by atoms with E-state index in [4.69, 9.17) is 9.88 Å². The molecule has 0 aliphatic heterocycles. The van der Waals surface area contributed by atoms with Crippen molar-refractivity contribution in [2.24, 2.45) is 5.14 Å². The Morgan fingerprint density at radius 3 is 2.50 bits per heavy atom. The van der Waals surface area contributed by atoms with Crippen molar-refractivity contribution >= 4 is 27.3 Å². The molecule has 8 heteroatoms. The predicted molar refractivity (Wildman–Crippen MR) is 102 cm³/mol. The number of aryl methyl sites for hydroxylation is 1. The number of nitrogens with one attached hydrogen (secondary N) is 1. The normalized spacial score (nSPS) is 11.1. The fraction of sp³-hybridized carbons (Fsp3) is 0.278. The zero-order valence-electron chi connectivity index (χ0n) is 15.2. The third-order valence-electron chi connectivity index (χ3n) is 3.97. The molecule has 3 N–H and O–H groups in total. The molecule has 0 aliphatic carbocycles. The molecule has 0 unspecified atom stereocenters. The van der Waals surface area contributed by atoms with E-state index in [0.717, 1.165) is 11.1 Å². The van der Waals surface area contributed by atoms with Crippen molar-refractivity contribution in [3.05, 3.63) is 47.5 Å². The SMILES string of the molecule is Cc1cccc(OCC(=O)Nc2cc(S(N)(=O)=O)ccc2N(C)C)c1C. The van der Waals surface area contributed by atoms with Crippen LogP contribution in [0.1, 0.15) is 11.1 Å². The Bertz CT molecular complexity index is 924. The molecule has 2 aromatic carbocycles. The fourth-order valence-corrected chi connectivity index (χ4v) is 2.93.